The minimum Gasteiger partial charge on any atom is -0.457 e. The molecule has 0 amide bonds. The molecule has 100 valence electrons. The maximum absolute atomic E-state index is 5.99. The molecule has 2 aromatic rings. The normalized spacial score (nSPS) is 12.2. The number of halogens is 1. The summed E-state index contributed by atoms with van der Waals surface area (Å²) in [4.78, 5) is 0. The molecule has 1 atom stereocenters. The summed E-state index contributed by atoms with van der Waals surface area (Å²) in [5.41, 5.74) is 8.04. The lowest BCUT2D eigenvalue weighted by Crippen LogP contribution is -2.17. The summed E-state index contributed by atoms with van der Waals surface area (Å²) in [6.45, 7) is 3.99. The molecule has 0 aliphatic carbocycles. The first-order valence-corrected chi connectivity index (χ1v) is 6.71. The summed E-state index contributed by atoms with van der Waals surface area (Å²) in [6.07, 6.45) is 0.839. The molecular weight excluding hydrogens is 258 g/mol. The molecule has 3 heteroatoms. The quantitative estimate of drug-likeness (QED) is 0.901. The van der Waals surface area contributed by atoms with Crippen LogP contribution in [0.5, 0.6) is 11.5 Å². The summed E-state index contributed by atoms with van der Waals surface area (Å²) in [5, 5.41) is 0.673. The van der Waals surface area contributed by atoms with E-state index in [1.807, 2.05) is 50.2 Å². The highest BCUT2D eigenvalue weighted by atomic mass is 35.5. The van der Waals surface area contributed by atoms with Crippen LogP contribution in [0.1, 0.15) is 18.1 Å². The second-order valence-corrected chi connectivity index (χ2v) is 5.28. The van der Waals surface area contributed by atoms with E-state index >= 15 is 0 Å². The molecule has 0 saturated carbocycles. The lowest BCUT2D eigenvalue weighted by molar-refractivity contribution is 0.478. The van der Waals surface area contributed by atoms with Crippen LogP contribution in [-0.4, -0.2) is 6.04 Å². The zero-order valence-electron chi connectivity index (χ0n) is 11.2. The average molecular weight is 276 g/mol. The molecule has 1 unspecified atom stereocenters. The van der Waals surface area contributed by atoms with Gasteiger partial charge in [-0.1, -0.05) is 29.8 Å². The van der Waals surface area contributed by atoms with Gasteiger partial charge in [0.05, 0.1) is 0 Å². The Morgan fingerprint density at radius 1 is 1.21 bits per heavy atom. The lowest BCUT2D eigenvalue weighted by Gasteiger charge is -2.11. The van der Waals surface area contributed by atoms with E-state index in [0.29, 0.717) is 5.02 Å². The topological polar surface area (TPSA) is 35.2 Å². The van der Waals surface area contributed by atoms with Gasteiger partial charge in [-0.15, -0.1) is 0 Å². The molecule has 0 bridgehead atoms. The Balaban J connectivity index is 2.21. The summed E-state index contributed by atoms with van der Waals surface area (Å²) in [6, 6.07) is 13.8. The highest BCUT2D eigenvalue weighted by Gasteiger charge is 2.04. The van der Waals surface area contributed by atoms with E-state index in [9.17, 15) is 0 Å². The van der Waals surface area contributed by atoms with E-state index in [4.69, 9.17) is 22.1 Å². The molecule has 19 heavy (non-hydrogen) atoms. The first-order valence-electron chi connectivity index (χ1n) is 6.33. The number of ether oxygens (including phenoxy) is 1. The molecule has 0 saturated heterocycles. The maximum Gasteiger partial charge on any atom is 0.131 e. The first-order chi connectivity index (χ1) is 9.04. The summed E-state index contributed by atoms with van der Waals surface area (Å²) in [5.74, 6) is 1.59. The van der Waals surface area contributed by atoms with Crippen molar-refractivity contribution >= 4 is 11.6 Å². The van der Waals surface area contributed by atoms with Crippen LogP contribution < -0.4 is 10.5 Å². The molecular formula is C16H18ClNO. The number of benzene rings is 2. The van der Waals surface area contributed by atoms with Crippen molar-refractivity contribution in [1.82, 2.24) is 0 Å². The predicted molar refractivity (Wildman–Crippen MR) is 80.1 cm³/mol. The number of nitrogens with two attached hydrogens (primary N) is 1. The summed E-state index contributed by atoms with van der Waals surface area (Å²) in [7, 11) is 0. The molecule has 0 aliphatic rings. The number of hydrogen-bond donors (Lipinski definition) is 1. The second-order valence-electron chi connectivity index (χ2n) is 4.84. The molecule has 2 rings (SSSR count). The van der Waals surface area contributed by atoms with Crippen molar-refractivity contribution in [3.8, 4) is 11.5 Å². The molecule has 0 heterocycles. The van der Waals surface area contributed by atoms with Crippen molar-refractivity contribution in [2.24, 2.45) is 5.73 Å². The van der Waals surface area contributed by atoms with Crippen LogP contribution in [0, 0.1) is 6.92 Å². The van der Waals surface area contributed by atoms with Gasteiger partial charge in [0.25, 0.3) is 0 Å². The Labute approximate surface area is 119 Å². The Bertz CT molecular complexity index is 566. The third kappa shape index (κ3) is 3.98. The van der Waals surface area contributed by atoms with Gasteiger partial charge >= 0.3 is 0 Å². The monoisotopic (exact) mass is 275 g/mol. The minimum atomic E-state index is 0.142. The van der Waals surface area contributed by atoms with E-state index < -0.39 is 0 Å². The Morgan fingerprint density at radius 2 is 2.00 bits per heavy atom. The van der Waals surface area contributed by atoms with Gasteiger partial charge in [0.15, 0.2) is 0 Å². The van der Waals surface area contributed by atoms with E-state index in [-0.39, 0.29) is 6.04 Å². The molecule has 0 aliphatic heterocycles. The van der Waals surface area contributed by atoms with Gasteiger partial charge in [0.1, 0.15) is 11.5 Å². The van der Waals surface area contributed by atoms with Crippen LogP contribution >= 0.6 is 11.6 Å². The van der Waals surface area contributed by atoms with Crippen LogP contribution in [0.25, 0.3) is 0 Å². The lowest BCUT2D eigenvalue weighted by atomic mass is 10.1. The summed E-state index contributed by atoms with van der Waals surface area (Å²) < 4.78 is 5.89. The van der Waals surface area contributed by atoms with Gasteiger partial charge < -0.3 is 10.5 Å². The van der Waals surface area contributed by atoms with Crippen LogP contribution in [0.2, 0.25) is 5.02 Å². The fraction of sp³-hybridized carbons (Fsp3) is 0.250. The van der Waals surface area contributed by atoms with Gasteiger partial charge in [0, 0.05) is 11.1 Å². The maximum atomic E-state index is 5.99. The first kappa shape index (κ1) is 13.9. The van der Waals surface area contributed by atoms with Crippen molar-refractivity contribution in [3.05, 3.63) is 58.6 Å². The Hall–Kier alpha value is -1.51. The smallest absolute Gasteiger partial charge is 0.131 e. The van der Waals surface area contributed by atoms with E-state index in [2.05, 4.69) is 6.07 Å². The molecule has 2 nitrogen and oxygen atoms in total. The van der Waals surface area contributed by atoms with Gasteiger partial charge in [0.2, 0.25) is 0 Å². The Kier molecular flexibility index (Phi) is 4.46. The average Bonchev–Trinajstić information content (AvgIpc) is 2.33. The zero-order valence-corrected chi connectivity index (χ0v) is 11.9. The van der Waals surface area contributed by atoms with Crippen LogP contribution in [0.3, 0.4) is 0 Å². The van der Waals surface area contributed by atoms with Gasteiger partial charge in [-0.3, -0.25) is 0 Å². The predicted octanol–water partition coefficient (Wildman–Crippen LogP) is 4.33. The van der Waals surface area contributed by atoms with Crippen molar-refractivity contribution in [3.63, 3.8) is 0 Å². The molecule has 0 fully saturated rings. The van der Waals surface area contributed by atoms with Crippen molar-refractivity contribution in [2.45, 2.75) is 26.3 Å². The van der Waals surface area contributed by atoms with E-state index in [0.717, 1.165) is 23.5 Å². The van der Waals surface area contributed by atoms with E-state index in [1.165, 1.54) is 5.56 Å². The number of hydrogen-bond acceptors (Lipinski definition) is 2. The Morgan fingerprint density at radius 3 is 2.74 bits per heavy atom. The highest BCUT2D eigenvalue weighted by molar-refractivity contribution is 6.30. The van der Waals surface area contributed by atoms with Crippen molar-refractivity contribution < 1.29 is 4.74 Å². The number of rotatable bonds is 4. The third-order valence-corrected chi connectivity index (χ3v) is 3.07. The SMILES string of the molecule is Cc1ccc(Cl)cc1Oc1cccc(CC(C)N)c1. The van der Waals surface area contributed by atoms with Crippen LogP contribution in [-0.2, 0) is 6.42 Å². The standard InChI is InChI=1S/C16H18ClNO/c1-11-6-7-14(17)10-16(11)19-15-5-3-4-13(9-15)8-12(2)18/h3-7,9-10,12H,8,18H2,1-2H3. The molecule has 2 N–H and O–H groups in total. The third-order valence-electron chi connectivity index (χ3n) is 2.83. The van der Waals surface area contributed by atoms with Crippen LogP contribution in [0.4, 0.5) is 0 Å². The minimum absolute atomic E-state index is 0.142. The largest absolute Gasteiger partial charge is 0.457 e. The number of aryl methyl sites for hydroxylation is 1. The molecule has 0 spiro atoms. The zero-order chi connectivity index (χ0) is 13.8. The highest BCUT2D eigenvalue weighted by Crippen LogP contribution is 2.28. The van der Waals surface area contributed by atoms with Crippen LogP contribution in [0.15, 0.2) is 42.5 Å². The molecule has 0 aromatic heterocycles. The second kappa shape index (κ2) is 6.09. The fourth-order valence-electron chi connectivity index (χ4n) is 1.92. The molecule has 0 radical (unpaired) electrons. The summed E-state index contributed by atoms with van der Waals surface area (Å²) >= 11 is 5.99. The van der Waals surface area contributed by atoms with E-state index in [1.54, 1.807) is 0 Å². The van der Waals surface area contributed by atoms with Crippen molar-refractivity contribution in [2.75, 3.05) is 0 Å². The van der Waals surface area contributed by atoms with Crippen molar-refractivity contribution in [1.29, 1.82) is 0 Å². The molecule has 2 aromatic carbocycles. The van der Waals surface area contributed by atoms with Gasteiger partial charge in [-0.2, -0.15) is 0 Å². The van der Waals surface area contributed by atoms with Gasteiger partial charge in [-0.05, 0) is 55.7 Å². The fourth-order valence-corrected chi connectivity index (χ4v) is 2.08. The van der Waals surface area contributed by atoms with Gasteiger partial charge in [-0.25, -0.2) is 0 Å².